The Labute approximate surface area is 241 Å². The summed E-state index contributed by atoms with van der Waals surface area (Å²) in [6, 6.07) is 6.14. The molecule has 0 bridgehead atoms. The minimum Gasteiger partial charge on any atom is -0.396 e. The summed E-state index contributed by atoms with van der Waals surface area (Å²) in [5.41, 5.74) is 18.1. The summed E-state index contributed by atoms with van der Waals surface area (Å²) in [4.78, 5) is 28.8. The number of nitrogens with two attached hydrogens (primary N) is 3. The van der Waals surface area contributed by atoms with Crippen LogP contribution >= 0.6 is 0 Å². The van der Waals surface area contributed by atoms with Gasteiger partial charge in [0.25, 0.3) is 0 Å². The Bertz CT molecular complexity index is 916. The number of unbranched alkanes of at least 4 members (excludes halogenated alkanes) is 1. The van der Waals surface area contributed by atoms with Crippen LogP contribution in [0.5, 0.6) is 0 Å². The van der Waals surface area contributed by atoms with Crippen LogP contribution < -0.4 is 33.2 Å². The van der Waals surface area contributed by atoms with Crippen molar-refractivity contribution in [1.82, 2.24) is 10.6 Å². The summed E-state index contributed by atoms with van der Waals surface area (Å²) < 4.78 is 0. The number of benzene rings is 1. The molecule has 0 saturated heterocycles. The van der Waals surface area contributed by atoms with Gasteiger partial charge in [0.05, 0.1) is 24.3 Å². The second-order valence-electron chi connectivity index (χ2n) is 9.99. The number of carbonyl (C=O) groups is 2. The van der Waals surface area contributed by atoms with Gasteiger partial charge in [0.15, 0.2) is 5.96 Å². The molecule has 41 heavy (non-hydrogen) atoms. The lowest BCUT2D eigenvalue weighted by molar-refractivity contribution is -0.124. The van der Waals surface area contributed by atoms with Crippen molar-refractivity contribution >= 4 is 23.5 Å². The first-order valence-corrected chi connectivity index (χ1v) is 14.0. The number of amides is 2. The number of aliphatic hydroxyl groups excluding tert-OH is 5. The Hall–Kier alpha value is -2.85. The zero-order valence-corrected chi connectivity index (χ0v) is 23.8. The number of aliphatic imine (C=N–C) groups is 1. The van der Waals surface area contributed by atoms with E-state index in [1.54, 1.807) is 12.1 Å². The molecule has 0 unspecified atom stereocenters. The molecule has 2 amide bonds. The van der Waals surface area contributed by atoms with Gasteiger partial charge in [-0.05, 0) is 62.6 Å². The van der Waals surface area contributed by atoms with Gasteiger partial charge in [-0.1, -0.05) is 19.1 Å². The highest BCUT2D eigenvalue weighted by atomic mass is 16.4. The molecule has 0 radical (unpaired) electrons. The zero-order valence-electron chi connectivity index (χ0n) is 23.8. The highest BCUT2D eigenvalue weighted by Gasteiger charge is 2.31. The molecule has 0 aromatic heterocycles. The van der Waals surface area contributed by atoms with E-state index in [4.69, 9.17) is 22.3 Å². The van der Waals surface area contributed by atoms with Crippen LogP contribution in [0, 0.1) is 0 Å². The average Bonchev–Trinajstić information content (AvgIpc) is 2.95. The number of nitrogens with zero attached hydrogens (tertiary/aromatic N) is 1. The highest BCUT2D eigenvalue weighted by molar-refractivity contribution is 5.94. The largest absolute Gasteiger partial charge is 0.396 e. The van der Waals surface area contributed by atoms with E-state index in [9.17, 15) is 30.0 Å². The van der Waals surface area contributed by atoms with Gasteiger partial charge in [-0.3, -0.25) is 14.6 Å². The molecule has 14 nitrogen and oxygen atoms in total. The molecule has 0 heterocycles. The monoisotopic (exact) mass is 583 g/mol. The van der Waals surface area contributed by atoms with E-state index < -0.39 is 36.5 Å². The molecule has 1 rings (SSSR count). The van der Waals surface area contributed by atoms with Gasteiger partial charge in [-0.2, -0.15) is 0 Å². The molecule has 1 aromatic rings. The third kappa shape index (κ3) is 14.6. The topological polar surface area (TPSA) is 262 Å². The smallest absolute Gasteiger partial charge is 0.241 e. The number of hydrogen-bond acceptors (Lipinski definition) is 10. The summed E-state index contributed by atoms with van der Waals surface area (Å²) in [6.45, 7) is 2.03. The van der Waals surface area contributed by atoms with E-state index in [0.717, 1.165) is 5.56 Å². The summed E-state index contributed by atoms with van der Waals surface area (Å²) in [6.07, 6.45) is -2.86. The van der Waals surface area contributed by atoms with Crippen LogP contribution in [-0.2, 0) is 16.0 Å². The van der Waals surface area contributed by atoms with Gasteiger partial charge in [-0.25, -0.2) is 0 Å². The quantitative estimate of drug-likeness (QED) is 0.0414. The molecule has 0 aliphatic carbocycles. The van der Waals surface area contributed by atoms with Crippen molar-refractivity contribution in [3.63, 3.8) is 0 Å². The number of aryl methyl sites for hydroxylation is 1. The fourth-order valence-corrected chi connectivity index (χ4v) is 3.94. The van der Waals surface area contributed by atoms with Crippen molar-refractivity contribution in [2.24, 2.45) is 22.2 Å². The summed E-state index contributed by atoms with van der Waals surface area (Å²) in [7, 11) is 0. The lowest BCUT2D eigenvalue weighted by Gasteiger charge is -2.28. The first-order chi connectivity index (χ1) is 19.5. The highest BCUT2D eigenvalue weighted by Crippen LogP contribution is 2.12. The molecule has 0 fully saturated rings. The number of anilines is 1. The Morgan fingerprint density at radius 1 is 0.927 bits per heavy atom. The molecule has 6 atom stereocenters. The van der Waals surface area contributed by atoms with Crippen molar-refractivity contribution in [2.75, 3.05) is 31.6 Å². The lowest BCUT2D eigenvalue weighted by Crippen LogP contribution is -2.52. The van der Waals surface area contributed by atoms with Gasteiger partial charge >= 0.3 is 0 Å². The summed E-state index contributed by atoms with van der Waals surface area (Å²) in [5.74, 6) is -0.545. The second-order valence-corrected chi connectivity index (χ2v) is 9.99. The molecule has 14 heteroatoms. The maximum Gasteiger partial charge on any atom is 0.241 e. The summed E-state index contributed by atoms with van der Waals surface area (Å²) >= 11 is 0. The van der Waals surface area contributed by atoms with Crippen molar-refractivity contribution in [1.29, 1.82) is 0 Å². The molecule has 234 valence electrons. The summed E-state index contributed by atoms with van der Waals surface area (Å²) in [5, 5.41) is 57.7. The minimum absolute atomic E-state index is 0.0171. The third-order valence-corrected chi connectivity index (χ3v) is 6.59. The number of carbonyl (C=O) groups excluding carboxylic acids is 2. The molecular formula is C27H49N7O7. The maximum atomic E-state index is 12.9. The van der Waals surface area contributed by atoms with Crippen LogP contribution in [0.25, 0.3) is 0 Å². The van der Waals surface area contributed by atoms with E-state index in [0.29, 0.717) is 57.3 Å². The number of aliphatic hydroxyl groups is 5. The first kappa shape index (κ1) is 36.2. The lowest BCUT2D eigenvalue weighted by atomic mass is 10.0. The van der Waals surface area contributed by atoms with E-state index in [-0.39, 0.29) is 37.3 Å². The molecule has 0 spiro atoms. The van der Waals surface area contributed by atoms with Crippen LogP contribution in [0.1, 0.15) is 51.0 Å². The van der Waals surface area contributed by atoms with Crippen molar-refractivity contribution in [3.8, 4) is 0 Å². The van der Waals surface area contributed by atoms with Crippen LogP contribution in [0.4, 0.5) is 5.69 Å². The van der Waals surface area contributed by atoms with Crippen molar-refractivity contribution < 1.29 is 35.1 Å². The number of rotatable bonds is 21. The van der Waals surface area contributed by atoms with Crippen LogP contribution in [0.2, 0.25) is 0 Å². The predicted molar refractivity (Wildman–Crippen MR) is 157 cm³/mol. The Morgan fingerprint density at radius 3 is 2.20 bits per heavy atom. The molecular weight excluding hydrogens is 534 g/mol. The fraction of sp³-hybridized carbons (Fsp3) is 0.667. The Balaban J connectivity index is 2.61. The fourth-order valence-electron chi connectivity index (χ4n) is 3.94. The van der Waals surface area contributed by atoms with Crippen LogP contribution in [-0.4, -0.2) is 106 Å². The van der Waals surface area contributed by atoms with Crippen molar-refractivity contribution in [3.05, 3.63) is 29.8 Å². The van der Waals surface area contributed by atoms with E-state index in [1.807, 2.05) is 19.1 Å². The Kier molecular flexibility index (Phi) is 17.7. The van der Waals surface area contributed by atoms with E-state index >= 15 is 0 Å². The van der Waals surface area contributed by atoms with E-state index in [2.05, 4.69) is 20.9 Å². The average molecular weight is 584 g/mol. The SMILES string of the molecule is CC[C@H](N)C(=O)Nc1ccc(CCCNC(=O)[C@H](CCCCN=C(N)N)NC[C@H](O)[C@@H](O)[C@H](O)[C@H](O)CCO)cc1. The van der Waals surface area contributed by atoms with E-state index in [1.165, 1.54) is 0 Å². The third-order valence-electron chi connectivity index (χ3n) is 6.59. The number of hydrogen-bond donors (Lipinski definition) is 11. The zero-order chi connectivity index (χ0) is 30.8. The minimum atomic E-state index is -1.68. The Morgan fingerprint density at radius 2 is 1.59 bits per heavy atom. The number of nitrogens with one attached hydrogen (secondary N) is 3. The standard InChI is InChI=1S/C27H49N7O7/c1-2-19(28)25(40)34-18-10-8-17(9-11-18)6-5-14-31-26(41)20(7-3-4-13-32-27(29)30)33-16-22(37)24(39)23(38)21(36)12-15-35/h8-11,19-24,33,35-39H,2-7,12-16,28H2,1H3,(H,31,41)(H,34,40)(H4,29,30,32)/t19-,20-,21+,22-,23+,24+/m0/s1. The molecule has 0 aliphatic rings. The molecule has 14 N–H and O–H groups in total. The van der Waals surface area contributed by atoms with Crippen molar-refractivity contribution in [2.45, 2.75) is 88.4 Å². The normalized spacial score (nSPS) is 15.7. The second kappa shape index (κ2) is 20.1. The molecule has 0 saturated carbocycles. The van der Waals surface area contributed by atoms with Gasteiger partial charge in [0.2, 0.25) is 11.8 Å². The van der Waals surface area contributed by atoms with Gasteiger partial charge in [-0.15, -0.1) is 0 Å². The molecule has 1 aromatic carbocycles. The van der Waals surface area contributed by atoms with Crippen LogP contribution in [0.15, 0.2) is 29.3 Å². The maximum absolute atomic E-state index is 12.9. The van der Waals surface area contributed by atoms with Crippen LogP contribution in [0.3, 0.4) is 0 Å². The van der Waals surface area contributed by atoms with Gasteiger partial charge in [0, 0.05) is 31.9 Å². The van der Waals surface area contributed by atoms with Gasteiger partial charge < -0.3 is 58.7 Å². The van der Waals surface area contributed by atoms with Gasteiger partial charge in [0.1, 0.15) is 12.2 Å². The number of guanidine groups is 1. The first-order valence-electron chi connectivity index (χ1n) is 14.0. The predicted octanol–water partition coefficient (Wildman–Crippen LogP) is -2.36. The molecule has 0 aliphatic heterocycles.